The van der Waals surface area contributed by atoms with Crippen molar-refractivity contribution in [2.45, 2.75) is 18.5 Å². The lowest BCUT2D eigenvalue weighted by Crippen LogP contribution is -2.47. The molecule has 1 unspecified atom stereocenters. The number of ether oxygens (including phenoxy) is 1. The number of likely N-dealkylation sites (N-methyl/N-ethyl adjacent to an activating group) is 1. The topological polar surface area (TPSA) is 165 Å². The standard InChI is InChI=1S/C25H27ClN6O2.2C2HF3O2/c1-31-6-8-32(9-7-31)14-20(33)15-34-21-4-2-17(3-5-21)24-23(18-11-27-16-28-12-18)22-10-19(26)13-29-25(22)30-24;2*3-2(4,5)1(6)7/h2-5,10-13,16,20,33H,6-9,14-15H2,1H3,(H,29,30);2*(H,6,7). The number of aliphatic carboxylic acids is 2. The second-order valence-electron chi connectivity index (χ2n) is 10.3. The van der Waals surface area contributed by atoms with Crippen LogP contribution in [-0.4, -0.2) is 122 Å². The third-order valence-electron chi connectivity index (χ3n) is 6.60. The van der Waals surface area contributed by atoms with Crippen LogP contribution < -0.4 is 4.74 Å². The molecular weight excluding hydrogens is 678 g/mol. The summed E-state index contributed by atoms with van der Waals surface area (Å²) in [6, 6.07) is 9.69. The molecule has 12 nitrogen and oxygen atoms in total. The molecule has 4 aromatic rings. The number of rotatable bonds is 7. The SMILES string of the molecule is CN1CCN(CC(O)COc2ccc(-c3[nH]c4ncc(Cl)cc4c3-c3cncnc3)cc2)CC1.O=C(O)C(F)(F)F.O=C(O)C(F)(F)F. The Morgan fingerprint density at radius 2 is 1.48 bits per heavy atom. The maximum absolute atomic E-state index is 10.6. The van der Waals surface area contributed by atoms with E-state index in [1.807, 2.05) is 30.3 Å². The number of aliphatic hydroxyl groups is 1. The first-order valence-electron chi connectivity index (χ1n) is 13.8. The lowest BCUT2D eigenvalue weighted by Gasteiger charge is -2.33. The Morgan fingerprint density at radius 1 is 0.938 bits per heavy atom. The molecule has 0 amide bonds. The zero-order valence-electron chi connectivity index (χ0n) is 25.0. The lowest BCUT2D eigenvalue weighted by molar-refractivity contribution is -0.193. The van der Waals surface area contributed by atoms with Crippen LogP contribution in [0.4, 0.5) is 26.3 Å². The first-order valence-corrected chi connectivity index (χ1v) is 14.2. The van der Waals surface area contributed by atoms with Gasteiger partial charge in [-0.05, 0) is 42.9 Å². The maximum Gasteiger partial charge on any atom is 0.490 e. The van der Waals surface area contributed by atoms with E-state index >= 15 is 0 Å². The van der Waals surface area contributed by atoms with Crippen molar-refractivity contribution >= 4 is 34.6 Å². The zero-order valence-corrected chi connectivity index (χ0v) is 25.7. The Hall–Kier alpha value is -4.52. The number of fused-ring (bicyclic) bond motifs is 1. The molecule has 1 aromatic carbocycles. The smallest absolute Gasteiger partial charge is 0.490 e. The first-order chi connectivity index (χ1) is 22.5. The van der Waals surface area contributed by atoms with E-state index in [4.69, 9.17) is 36.1 Å². The average Bonchev–Trinajstić information content (AvgIpc) is 3.40. The van der Waals surface area contributed by atoms with Crippen molar-refractivity contribution in [3.63, 3.8) is 0 Å². The summed E-state index contributed by atoms with van der Waals surface area (Å²) in [7, 11) is 2.12. The fourth-order valence-electron chi connectivity index (χ4n) is 4.28. The largest absolute Gasteiger partial charge is 0.491 e. The van der Waals surface area contributed by atoms with Crippen LogP contribution in [0.3, 0.4) is 0 Å². The number of hydrogen-bond acceptors (Lipinski definition) is 9. The molecule has 19 heteroatoms. The van der Waals surface area contributed by atoms with E-state index in [2.05, 4.69) is 36.8 Å². The summed E-state index contributed by atoms with van der Waals surface area (Å²) in [4.78, 5) is 38.6. The number of aliphatic hydroxyl groups excluding tert-OH is 1. The molecule has 1 aliphatic rings. The maximum atomic E-state index is 10.6. The van der Waals surface area contributed by atoms with Crippen LogP contribution in [0.1, 0.15) is 0 Å². The molecule has 1 atom stereocenters. The third kappa shape index (κ3) is 11.3. The molecule has 4 N–H and O–H groups in total. The van der Waals surface area contributed by atoms with E-state index in [1.165, 1.54) is 6.33 Å². The van der Waals surface area contributed by atoms with Gasteiger partial charge in [-0.2, -0.15) is 26.3 Å². The van der Waals surface area contributed by atoms with Crippen LogP contribution in [0, 0.1) is 0 Å². The van der Waals surface area contributed by atoms with Gasteiger partial charge >= 0.3 is 24.3 Å². The third-order valence-corrected chi connectivity index (χ3v) is 6.81. The molecule has 1 saturated heterocycles. The highest BCUT2D eigenvalue weighted by Crippen LogP contribution is 2.38. The monoisotopic (exact) mass is 706 g/mol. The number of H-pyrrole nitrogens is 1. The van der Waals surface area contributed by atoms with Gasteiger partial charge in [0, 0.05) is 67.8 Å². The number of alkyl halides is 6. The first kappa shape index (κ1) is 37.9. The quantitative estimate of drug-likeness (QED) is 0.199. The van der Waals surface area contributed by atoms with E-state index in [1.54, 1.807) is 18.6 Å². The molecule has 0 spiro atoms. The highest BCUT2D eigenvalue weighted by Gasteiger charge is 2.38. The Labute approximate surface area is 273 Å². The molecule has 1 aliphatic heterocycles. The van der Waals surface area contributed by atoms with Gasteiger partial charge in [-0.3, -0.25) is 4.90 Å². The van der Waals surface area contributed by atoms with Crippen LogP contribution in [0.15, 0.2) is 55.2 Å². The van der Waals surface area contributed by atoms with Gasteiger partial charge in [0.1, 0.15) is 30.4 Å². The number of aromatic amines is 1. The van der Waals surface area contributed by atoms with Crippen molar-refractivity contribution < 1.29 is 56.0 Å². The second kappa shape index (κ2) is 16.5. The Bertz CT molecular complexity index is 1620. The molecule has 4 heterocycles. The Balaban J connectivity index is 0.000000376. The summed E-state index contributed by atoms with van der Waals surface area (Å²) < 4.78 is 69.3. The summed E-state index contributed by atoms with van der Waals surface area (Å²) in [5.41, 5.74) is 4.44. The number of carboxylic acids is 2. The van der Waals surface area contributed by atoms with E-state index < -0.39 is 30.4 Å². The fraction of sp³-hybridized carbons (Fsp3) is 0.345. The minimum Gasteiger partial charge on any atom is -0.491 e. The van der Waals surface area contributed by atoms with Crippen molar-refractivity contribution in [2.24, 2.45) is 0 Å². The van der Waals surface area contributed by atoms with E-state index in [0.29, 0.717) is 17.3 Å². The second-order valence-corrected chi connectivity index (χ2v) is 10.7. The van der Waals surface area contributed by atoms with Gasteiger partial charge < -0.3 is 29.9 Å². The highest BCUT2D eigenvalue weighted by molar-refractivity contribution is 6.31. The molecule has 0 radical (unpaired) electrons. The molecule has 3 aromatic heterocycles. The summed E-state index contributed by atoms with van der Waals surface area (Å²) in [6.45, 7) is 4.89. The molecule has 0 bridgehead atoms. The zero-order chi connectivity index (χ0) is 35.6. The van der Waals surface area contributed by atoms with Gasteiger partial charge in [0.25, 0.3) is 0 Å². The molecule has 5 rings (SSSR count). The molecule has 260 valence electrons. The predicted octanol–water partition coefficient (Wildman–Crippen LogP) is 4.59. The van der Waals surface area contributed by atoms with Gasteiger partial charge in [-0.25, -0.2) is 24.5 Å². The van der Waals surface area contributed by atoms with Crippen molar-refractivity contribution in [1.29, 1.82) is 0 Å². The molecule has 48 heavy (non-hydrogen) atoms. The van der Waals surface area contributed by atoms with Crippen molar-refractivity contribution in [3.8, 4) is 28.1 Å². The van der Waals surface area contributed by atoms with Gasteiger partial charge in [0.2, 0.25) is 0 Å². The normalized spacial score (nSPS) is 14.7. The van der Waals surface area contributed by atoms with E-state index in [-0.39, 0.29) is 6.61 Å². The Morgan fingerprint density at radius 3 is 2.00 bits per heavy atom. The summed E-state index contributed by atoms with van der Waals surface area (Å²) in [5.74, 6) is -4.80. The fourth-order valence-corrected chi connectivity index (χ4v) is 4.44. The van der Waals surface area contributed by atoms with Crippen LogP contribution in [0.2, 0.25) is 5.02 Å². The minimum absolute atomic E-state index is 0.257. The highest BCUT2D eigenvalue weighted by atomic mass is 35.5. The summed E-state index contributed by atoms with van der Waals surface area (Å²) >= 11 is 6.23. The number of halogens is 7. The number of piperazine rings is 1. The van der Waals surface area contributed by atoms with E-state index in [9.17, 15) is 31.4 Å². The number of carbonyl (C=O) groups is 2. The molecular formula is C29H29ClF6N6O6. The van der Waals surface area contributed by atoms with Crippen LogP contribution >= 0.6 is 11.6 Å². The number of hydrogen-bond donors (Lipinski definition) is 4. The predicted molar refractivity (Wildman–Crippen MR) is 160 cm³/mol. The number of β-amino-alcohol motifs (C(OH)–C–C–N with tert-alkyl or cyclic N) is 1. The number of aromatic nitrogens is 4. The molecule has 1 fully saturated rings. The average molecular weight is 707 g/mol. The lowest BCUT2D eigenvalue weighted by atomic mass is 10.0. The Kier molecular flexibility index (Phi) is 13.1. The summed E-state index contributed by atoms with van der Waals surface area (Å²) in [5, 5.41) is 26.1. The minimum atomic E-state index is -5.08. The van der Waals surface area contributed by atoms with Gasteiger partial charge in [0.15, 0.2) is 0 Å². The van der Waals surface area contributed by atoms with Crippen molar-refractivity contribution in [1.82, 2.24) is 29.7 Å². The van der Waals surface area contributed by atoms with Crippen molar-refractivity contribution in [2.75, 3.05) is 46.4 Å². The number of nitrogens with zero attached hydrogens (tertiary/aromatic N) is 5. The number of nitrogens with one attached hydrogen (secondary N) is 1. The van der Waals surface area contributed by atoms with Crippen molar-refractivity contribution in [3.05, 3.63) is 60.3 Å². The molecule has 0 aliphatic carbocycles. The van der Waals surface area contributed by atoms with Crippen LogP contribution in [-0.2, 0) is 9.59 Å². The van der Waals surface area contributed by atoms with Gasteiger partial charge in [-0.1, -0.05) is 11.6 Å². The summed E-state index contributed by atoms with van der Waals surface area (Å²) in [6.07, 6.45) is -4.01. The number of carboxylic acid groups (broad SMARTS) is 2. The number of pyridine rings is 1. The van der Waals surface area contributed by atoms with Gasteiger partial charge in [0.05, 0.1) is 10.7 Å². The van der Waals surface area contributed by atoms with Gasteiger partial charge in [-0.15, -0.1) is 0 Å². The van der Waals surface area contributed by atoms with E-state index in [0.717, 1.165) is 59.6 Å². The number of benzene rings is 1. The molecule has 0 saturated carbocycles. The van der Waals surface area contributed by atoms with Crippen LogP contribution in [0.5, 0.6) is 5.75 Å². The van der Waals surface area contributed by atoms with Crippen LogP contribution in [0.25, 0.3) is 33.4 Å².